The molecule has 3 rings (SSSR count). The fraction of sp³-hybridized carbons (Fsp3) is 0.435. The molecule has 0 radical (unpaired) electrons. The maximum absolute atomic E-state index is 11.4. The molecule has 11 nitrogen and oxygen atoms in total. The Morgan fingerprint density at radius 2 is 2.11 bits per heavy atom. The van der Waals surface area contributed by atoms with Crippen molar-refractivity contribution in [2.24, 2.45) is 10.1 Å². The average molecular weight is 503 g/mol. The van der Waals surface area contributed by atoms with Crippen molar-refractivity contribution in [3.63, 3.8) is 0 Å². The van der Waals surface area contributed by atoms with Crippen molar-refractivity contribution in [2.45, 2.75) is 20.3 Å². The second-order valence-corrected chi connectivity index (χ2v) is 8.04. The average Bonchev–Trinajstić information content (AvgIpc) is 2.85. The van der Waals surface area contributed by atoms with E-state index in [1.165, 1.54) is 6.92 Å². The molecule has 2 heterocycles. The van der Waals surface area contributed by atoms with Gasteiger partial charge in [-0.2, -0.15) is 15.1 Å². The Morgan fingerprint density at radius 3 is 2.86 bits per heavy atom. The zero-order valence-corrected chi connectivity index (χ0v) is 20.7. The number of aliphatic imine (C=N–C) groups is 1. The summed E-state index contributed by atoms with van der Waals surface area (Å²) in [5.41, 5.74) is 3.80. The Labute approximate surface area is 210 Å². The van der Waals surface area contributed by atoms with Crippen molar-refractivity contribution < 1.29 is 14.3 Å². The highest BCUT2D eigenvalue weighted by molar-refractivity contribution is 6.30. The first-order valence-electron chi connectivity index (χ1n) is 11.5. The molecule has 0 bridgehead atoms. The number of carbonyl (C=O) groups excluding carboxylic acids is 1. The molecule has 1 aromatic carbocycles. The summed E-state index contributed by atoms with van der Waals surface area (Å²) in [6, 6.07) is 9.40. The highest BCUT2D eigenvalue weighted by Crippen LogP contribution is 2.20. The second-order valence-electron chi connectivity index (χ2n) is 7.61. The normalized spacial score (nSPS) is 14.1. The number of amides is 1. The highest BCUT2D eigenvalue weighted by Gasteiger charge is 2.15. The monoisotopic (exact) mass is 502 g/mol. The first-order valence-corrected chi connectivity index (χ1v) is 11.9. The third-order valence-corrected chi connectivity index (χ3v) is 4.92. The molecule has 188 valence electrons. The van der Waals surface area contributed by atoms with Crippen LogP contribution in [-0.4, -0.2) is 74.0 Å². The number of ether oxygens (including phenoxy) is 2. The summed E-state index contributed by atoms with van der Waals surface area (Å²) in [6.07, 6.45) is 2.53. The molecule has 1 amide bonds. The number of guanidine groups is 1. The molecule has 0 saturated carbocycles. The van der Waals surface area contributed by atoms with E-state index in [0.29, 0.717) is 43.1 Å². The van der Waals surface area contributed by atoms with Crippen molar-refractivity contribution in [1.29, 1.82) is 0 Å². The standard InChI is InChI=1S/C23H31ClN8O3/c1-3-7-25-22(28-17(2)33)26-8-11-35-23-29-20(15-21(30-23)32-9-12-34-13-10-32)31-27-16-18-5-4-6-19(24)14-18/h4-6,14-16H,3,7-13H2,1-2H3,(H,29,30,31)(H2,25,26,28,33). The van der Waals surface area contributed by atoms with Crippen LogP contribution in [0.3, 0.4) is 0 Å². The molecule has 35 heavy (non-hydrogen) atoms. The summed E-state index contributed by atoms with van der Waals surface area (Å²) in [6.45, 7) is 7.43. The van der Waals surface area contributed by atoms with Crippen LogP contribution >= 0.6 is 11.6 Å². The van der Waals surface area contributed by atoms with Crippen LogP contribution in [0.1, 0.15) is 25.8 Å². The lowest BCUT2D eigenvalue weighted by atomic mass is 10.2. The number of anilines is 2. The van der Waals surface area contributed by atoms with Crippen molar-refractivity contribution in [2.75, 3.05) is 56.3 Å². The Kier molecular flexibility index (Phi) is 10.5. The molecule has 0 aliphatic carbocycles. The summed E-state index contributed by atoms with van der Waals surface area (Å²) in [7, 11) is 0. The van der Waals surface area contributed by atoms with Crippen LogP contribution in [0.25, 0.3) is 0 Å². The third kappa shape index (κ3) is 9.38. The molecule has 1 saturated heterocycles. The van der Waals surface area contributed by atoms with Gasteiger partial charge >= 0.3 is 6.01 Å². The molecule has 0 atom stereocenters. The molecule has 1 fully saturated rings. The number of hydrogen-bond acceptors (Lipinski definition) is 9. The molecule has 2 aromatic rings. The lowest BCUT2D eigenvalue weighted by Crippen LogP contribution is -2.41. The van der Waals surface area contributed by atoms with Crippen molar-refractivity contribution in [1.82, 2.24) is 20.6 Å². The molecular formula is C23H31ClN8O3. The van der Waals surface area contributed by atoms with Gasteiger partial charge in [-0.15, -0.1) is 0 Å². The topological polar surface area (TPSA) is 125 Å². The van der Waals surface area contributed by atoms with Crippen LogP contribution in [0, 0.1) is 0 Å². The van der Waals surface area contributed by atoms with E-state index < -0.39 is 0 Å². The molecular weight excluding hydrogens is 472 g/mol. The van der Waals surface area contributed by atoms with Gasteiger partial charge in [0.05, 0.1) is 26.0 Å². The maximum atomic E-state index is 11.4. The van der Waals surface area contributed by atoms with Crippen LogP contribution in [0.15, 0.2) is 40.4 Å². The van der Waals surface area contributed by atoms with Gasteiger partial charge in [0.2, 0.25) is 5.91 Å². The number of hydrogen-bond donors (Lipinski definition) is 3. The van der Waals surface area contributed by atoms with E-state index in [4.69, 9.17) is 21.1 Å². The Morgan fingerprint density at radius 1 is 1.29 bits per heavy atom. The van der Waals surface area contributed by atoms with Crippen LogP contribution in [0.4, 0.5) is 11.6 Å². The smallest absolute Gasteiger partial charge is 0.320 e. The number of nitrogens with zero attached hydrogens (tertiary/aromatic N) is 5. The van der Waals surface area contributed by atoms with Crippen molar-refractivity contribution in [3.8, 4) is 6.01 Å². The zero-order valence-electron chi connectivity index (χ0n) is 20.0. The summed E-state index contributed by atoms with van der Waals surface area (Å²) >= 11 is 6.03. The molecule has 3 N–H and O–H groups in total. The molecule has 1 aliphatic rings. The predicted octanol–water partition coefficient (Wildman–Crippen LogP) is 2.28. The van der Waals surface area contributed by atoms with Gasteiger partial charge in [0.25, 0.3) is 0 Å². The predicted molar refractivity (Wildman–Crippen MR) is 138 cm³/mol. The minimum Gasteiger partial charge on any atom is -0.461 e. The van der Waals surface area contributed by atoms with E-state index in [1.54, 1.807) is 12.3 Å². The lowest BCUT2D eigenvalue weighted by molar-refractivity contribution is -0.117. The number of benzene rings is 1. The number of carbonyl (C=O) groups is 1. The first kappa shape index (κ1) is 26.2. The molecule has 1 aliphatic heterocycles. The van der Waals surface area contributed by atoms with Gasteiger partial charge in [-0.3, -0.25) is 20.5 Å². The summed E-state index contributed by atoms with van der Waals surface area (Å²) in [4.78, 5) is 26.8. The van der Waals surface area contributed by atoms with Crippen LogP contribution in [0.5, 0.6) is 6.01 Å². The maximum Gasteiger partial charge on any atom is 0.320 e. The largest absolute Gasteiger partial charge is 0.461 e. The Hall–Kier alpha value is -3.44. The third-order valence-electron chi connectivity index (χ3n) is 4.68. The minimum absolute atomic E-state index is 0.191. The van der Waals surface area contributed by atoms with E-state index in [0.717, 1.165) is 30.9 Å². The minimum atomic E-state index is -0.191. The van der Waals surface area contributed by atoms with Gasteiger partial charge in [0.1, 0.15) is 12.4 Å². The van der Waals surface area contributed by atoms with E-state index in [1.807, 2.05) is 31.2 Å². The fourth-order valence-corrected chi connectivity index (χ4v) is 3.29. The zero-order chi connectivity index (χ0) is 24.9. The SMILES string of the molecule is CCCN=C(NCCOc1nc(NN=Cc2cccc(Cl)c2)cc(N2CCOCC2)n1)NC(C)=O. The van der Waals surface area contributed by atoms with Crippen molar-refractivity contribution in [3.05, 3.63) is 40.9 Å². The summed E-state index contributed by atoms with van der Waals surface area (Å²) in [5.74, 6) is 1.44. The van der Waals surface area contributed by atoms with Gasteiger partial charge in [0, 0.05) is 37.6 Å². The lowest BCUT2D eigenvalue weighted by Gasteiger charge is -2.28. The second kappa shape index (κ2) is 14.1. The number of aromatic nitrogens is 2. The number of halogens is 1. The number of nitrogens with one attached hydrogen (secondary N) is 3. The summed E-state index contributed by atoms with van der Waals surface area (Å²) in [5, 5.41) is 10.6. The summed E-state index contributed by atoms with van der Waals surface area (Å²) < 4.78 is 11.2. The van der Waals surface area contributed by atoms with Crippen molar-refractivity contribution >= 4 is 41.3 Å². The van der Waals surface area contributed by atoms with Gasteiger partial charge in [-0.05, 0) is 24.1 Å². The van der Waals surface area contributed by atoms with Crippen LogP contribution in [0.2, 0.25) is 5.02 Å². The van der Waals surface area contributed by atoms with Crippen LogP contribution in [-0.2, 0) is 9.53 Å². The fourth-order valence-electron chi connectivity index (χ4n) is 3.09. The Bertz CT molecular complexity index is 1030. The first-order chi connectivity index (χ1) is 17.0. The number of hydrazone groups is 1. The van der Waals surface area contributed by atoms with E-state index in [2.05, 4.69) is 41.0 Å². The van der Waals surface area contributed by atoms with Crippen LogP contribution < -0.4 is 25.7 Å². The van der Waals surface area contributed by atoms with E-state index in [9.17, 15) is 4.79 Å². The number of morpholine rings is 1. The van der Waals surface area contributed by atoms with Gasteiger partial charge < -0.3 is 19.7 Å². The van der Waals surface area contributed by atoms with E-state index >= 15 is 0 Å². The quantitative estimate of drug-likeness (QED) is 0.195. The van der Waals surface area contributed by atoms with E-state index in [-0.39, 0.29) is 18.5 Å². The van der Waals surface area contributed by atoms with Gasteiger partial charge in [0.15, 0.2) is 11.8 Å². The molecule has 0 unspecified atom stereocenters. The van der Waals surface area contributed by atoms with Gasteiger partial charge in [-0.1, -0.05) is 30.7 Å². The van der Waals surface area contributed by atoms with Gasteiger partial charge in [-0.25, -0.2) is 0 Å². The Balaban J connectivity index is 1.65. The molecule has 0 spiro atoms. The molecule has 12 heteroatoms. The molecule has 1 aromatic heterocycles. The highest BCUT2D eigenvalue weighted by atomic mass is 35.5. The number of rotatable bonds is 10.